The van der Waals surface area contributed by atoms with Gasteiger partial charge in [-0.05, 0) is 37.4 Å². The first kappa shape index (κ1) is 14.7. The molecule has 2 saturated heterocycles. The van der Waals surface area contributed by atoms with Crippen LogP contribution in [0.1, 0.15) is 38.5 Å². The van der Waals surface area contributed by atoms with E-state index in [-0.39, 0.29) is 5.91 Å². The van der Waals surface area contributed by atoms with Crippen molar-refractivity contribution in [3.05, 3.63) is 0 Å². The van der Waals surface area contributed by atoms with E-state index in [1.807, 2.05) is 9.80 Å². The molecule has 4 nitrogen and oxygen atoms in total. The van der Waals surface area contributed by atoms with Crippen LogP contribution in [0.2, 0.25) is 0 Å². The SMILES string of the molecule is O=C(CCS)N1CCC(CN2CCCCC2=O)CC1. The number of piperidine rings is 2. The van der Waals surface area contributed by atoms with Crippen LogP contribution in [-0.2, 0) is 9.59 Å². The Morgan fingerprint density at radius 3 is 2.58 bits per heavy atom. The molecule has 2 aliphatic heterocycles. The monoisotopic (exact) mass is 284 g/mol. The van der Waals surface area contributed by atoms with Crippen LogP contribution in [0.5, 0.6) is 0 Å². The summed E-state index contributed by atoms with van der Waals surface area (Å²) in [5.41, 5.74) is 0. The minimum absolute atomic E-state index is 0.225. The predicted molar refractivity (Wildman–Crippen MR) is 78.2 cm³/mol. The Hall–Kier alpha value is -0.710. The summed E-state index contributed by atoms with van der Waals surface area (Å²) >= 11 is 4.10. The van der Waals surface area contributed by atoms with E-state index in [4.69, 9.17) is 0 Å². The molecule has 0 unspecified atom stereocenters. The van der Waals surface area contributed by atoms with Gasteiger partial charge >= 0.3 is 0 Å². The van der Waals surface area contributed by atoms with Crippen molar-refractivity contribution in [2.75, 3.05) is 31.9 Å². The molecule has 2 rings (SSSR count). The smallest absolute Gasteiger partial charge is 0.223 e. The van der Waals surface area contributed by atoms with Crippen LogP contribution in [0.25, 0.3) is 0 Å². The summed E-state index contributed by atoms with van der Waals surface area (Å²) in [5, 5.41) is 0. The van der Waals surface area contributed by atoms with Crippen LogP contribution in [0.15, 0.2) is 0 Å². The summed E-state index contributed by atoms with van der Waals surface area (Å²) in [7, 11) is 0. The van der Waals surface area contributed by atoms with Gasteiger partial charge in [-0.15, -0.1) is 0 Å². The molecule has 0 aromatic carbocycles. The highest BCUT2D eigenvalue weighted by molar-refractivity contribution is 7.80. The van der Waals surface area contributed by atoms with Crippen LogP contribution in [-0.4, -0.2) is 53.5 Å². The van der Waals surface area contributed by atoms with Crippen LogP contribution in [0.4, 0.5) is 0 Å². The maximum Gasteiger partial charge on any atom is 0.223 e. The molecule has 0 N–H and O–H groups in total. The normalized spacial score (nSPS) is 21.8. The van der Waals surface area contributed by atoms with E-state index in [1.165, 1.54) is 0 Å². The number of nitrogens with zero attached hydrogens (tertiary/aromatic N) is 2. The van der Waals surface area contributed by atoms with Gasteiger partial charge in [0.15, 0.2) is 0 Å². The Morgan fingerprint density at radius 2 is 1.95 bits per heavy atom. The molecule has 0 spiro atoms. The third-order valence-corrected chi connectivity index (χ3v) is 4.42. The molecule has 2 fully saturated rings. The third-order valence-electron chi connectivity index (χ3n) is 4.19. The Kier molecular flexibility index (Phi) is 5.55. The first-order chi connectivity index (χ1) is 9.20. The van der Waals surface area contributed by atoms with Crippen molar-refractivity contribution in [1.82, 2.24) is 9.80 Å². The molecule has 2 aliphatic rings. The van der Waals surface area contributed by atoms with Gasteiger partial charge < -0.3 is 9.80 Å². The number of likely N-dealkylation sites (tertiary alicyclic amines) is 2. The molecule has 0 bridgehead atoms. The van der Waals surface area contributed by atoms with Gasteiger partial charge in [0.2, 0.25) is 11.8 Å². The molecule has 19 heavy (non-hydrogen) atoms. The summed E-state index contributed by atoms with van der Waals surface area (Å²) in [4.78, 5) is 27.5. The lowest BCUT2D eigenvalue weighted by molar-refractivity contribution is -0.136. The lowest BCUT2D eigenvalue weighted by atomic mass is 9.95. The summed E-state index contributed by atoms with van der Waals surface area (Å²) in [6.07, 6.45) is 5.51. The maximum atomic E-state index is 11.8. The first-order valence-electron chi connectivity index (χ1n) is 7.37. The fraction of sp³-hybridized carbons (Fsp3) is 0.857. The number of rotatable bonds is 4. The zero-order chi connectivity index (χ0) is 13.7. The molecular weight excluding hydrogens is 260 g/mol. The average Bonchev–Trinajstić information content (AvgIpc) is 2.42. The molecule has 0 aliphatic carbocycles. The molecule has 0 atom stereocenters. The van der Waals surface area contributed by atoms with E-state index in [2.05, 4.69) is 12.6 Å². The molecular formula is C14H24N2O2S. The first-order valence-corrected chi connectivity index (χ1v) is 8.00. The van der Waals surface area contributed by atoms with E-state index < -0.39 is 0 Å². The van der Waals surface area contributed by atoms with Gasteiger partial charge in [-0.2, -0.15) is 12.6 Å². The summed E-state index contributed by atoms with van der Waals surface area (Å²) in [6.45, 7) is 3.52. The fourth-order valence-electron chi connectivity index (χ4n) is 2.99. The Labute approximate surface area is 120 Å². The standard InChI is InChI=1S/C14H24N2O2S/c17-13-3-1-2-7-16(13)11-12-4-8-15(9-5-12)14(18)6-10-19/h12,19H,1-11H2. The topological polar surface area (TPSA) is 40.6 Å². The van der Waals surface area contributed by atoms with Gasteiger partial charge in [0.25, 0.3) is 0 Å². The highest BCUT2D eigenvalue weighted by Gasteiger charge is 2.26. The highest BCUT2D eigenvalue weighted by atomic mass is 32.1. The van der Waals surface area contributed by atoms with E-state index in [0.29, 0.717) is 24.0 Å². The summed E-state index contributed by atoms with van der Waals surface area (Å²) < 4.78 is 0. The molecule has 0 aromatic rings. The van der Waals surface area contributed by atoms with Crippen LogP contribution < -0.4 is 0 Å². The molecule has 5 heteroatoms. The molecule has 0 radical (unpaired) electrons. The van der Waals surface area contributed by atoms with Crippen molar-refractivity contribution >= 4 is 24.4 Å². The van der Waals surface area contributed by atoms with Crippen LogP contribution in [0.3, 0.4) is 0 Å². The van der Waals surface area contributed by atoms with E-state index in [0.717, 1.165) is 58.3 Å². The second-order valence-electron chi connectivity index (χ2n) is 5.59. The van der Waals surface area contributed by atoms with Crippen LogP contribution >= 0.6 is 12.6 Å². The molecule has 2 heterocycles. The summed E-state index contributed by atoms with van der Waals surface area (Å²) in [5.74, 6) is 1.74. The minimum Gasteiger partial charge on any atom is -0.343 e. The number of carbonyl (C=O) groups is 2. The number of hydrogen-bond acceptors (Lipinski definition) is 3. The number of amides is 2. The van der Waals surface area contributed by atoms with E-state index >= 15 is 0 Å². The van der Waals surface area contributed by atoms with Gasteiger partial charge in [-0.25, -0.2) is 0 Å². The second-order valence-corrected chi connectivity index (χ2v) is 6.04. The molecule has 0 aromatic heterocycles. The van der Waals surface area contributed by atoms with Gasteiger partial charge in [0.1, 0.15) is 0 Å². The highest BCUT2D eigenvalue weighted by Crippen LogP contribution is 2.21. The van der Waals surface area contributed by atoms with E-state index in [1.54, 1.807) is 0 Å². The average molecular weight is 284 g/mol. The zero-order valence-corrected chi connectivity index (χ0v) is 12.4. The minimum atomic E-state index is 0.225. The molecule has 2 amide bonds. The van der Waals surface area contributed by atoms with Gasteiger partial charge in [-0.1, -0.05) is 0 Å². The second kappa shape index (κ2) is 7.17. The van der Waals surface area contributed by atoms with Crippen molar-refractivity contribution in [3.63, 3.8) is 0 Å². The fourth-order valence-corrected chi connectivity index (χ4v) is 3.18. The van der Waals surface area contributed by atoms with Gasteiger partial charge in [0, 0.05) is 39.0 Å². The largest absolute Gasteiger partial charge is 0.343 e. The van der Waals surface area contributed by atoms with Crippen molar-refractivity contribution in [2.45, 2.75) is 38.5 Å². The van der Waals surface area contributed by atoms with Crippen molar-refractivity contribution in [3.8, 4) is 0 Å². The Morgan fingerprint density at radius 1 is 1.21 bits per heavy atom. The lowest BCUT2D eigenvalue weighted by Gasteiger charge is -2.36. The number of hydrogen-bond donors (Lipinski definition) is 1. The quantitative estimate of drug-likeness (QED) is 0.796. The molecule has 0 saturated carbocycles. The number of thiol groups is 1. The Balaban J connectivity index is 1.74. The number of carbonyl (C=O) groups excluding carboxylic acids is 2. The van der Waals surface area contributed by atoms with Gasteiger partial charge in [0.05, 0.1) is 0 Å². The lowest BCUT2D eigenvalue weighted by Crippen LogP contribution is -2.44. The Bertz CT molecular complexity index is 327. The van der Waals surface area contributed by atoms with Gasteiger partial charge in [-0.3, -0.25) is 9.59 Å². The predicted octanol–water partition coefficient (Wildman–Crippen LogP) is 1.56. The molecule has 108 valence electrons. The van der Waals surface area contributed by atoms with E-state index in [9.17, 15) is 9.59 Å². The zero-order valence-electron chi connectivity index (χ0n) is 11.5. The van der Waals surface area contributed by atoms with Crippen molar-refractivity contribution in [2.24, 2.45) is 5.92 Å². The van der Waals surface area contributed by atoms with Crippen LogP contribution in [0, 0.1) is 5.92 Å². The van der Waals surface area contributed by atoms with Crippen molar-refractivity contribution in [1.29, 1.82) is 0 Å². The van der Waals surface area contributed by atoms with Crippen molar-refractivity contribution < 1.29 is 9.59 Å². The maximum absolute atomic E-state index is 11.8. The third kappa shape index (κ3) is 4.13. The summed E-state index contributed by atoms with van der Waals surface area (Å²) in [6, 6.07) is 0.